The highest BCUT2D eigenvalue weighted by atomic mass is 16.3. The summed E-state index contributed by atoms with van der Waals surface area (Å²) in [6.45, 7) is 3.38. The van der Waals surface area contributed by atoms with E-state index in [4.69, 9.17) is 5.11 Å². The minimum Gasteiger partial charge on any atom is -0.387 e. The summed E-state index contributed by atoms with van der Waals surface area (Å²) in [7, 11) is 0. The fourth-order valence-electron chi connectivity index (χ4n) is 1.39. The molecule has 0 heterocycles. The summed E-state index contributed by atoms with van der Waals surface area (Å²) in [6.07, 6.45) is 0. The van der Waals surface area contributed by atoms with Crippen LogP contribution in [0.5, 0.6) is 0 Å². The quantitative estimate of drug-likeness (QED) is 0.788. The number of aliphatic hydroxyl groups excluding tert-OH is 1. The third-order valence-corrected chi connectivity index (χ3v) is 1.95. The van der Waals surface area contributed by atoms with Crippen LogP contribution in [-0.4, -0.2) is 23.7 Å². The second kappa shape index (κ2) is 4.77. The molecular weight excluding hydrogens is 178 g/mol. The lowest BCUT2D eigenvalue weighted by molar-refractivity contribution is -0.121. The van der Waals surface area contributed by atoms with E-state index < -0.39 is 6.61 Å². The summed E-state index contributed by atoms with van der Waals surface area (Å²) in [5.74, 6) is -0.272. The third kappa shape index (κ3) is 2.33. The molecule has 14 heavy (non-hydrogen) atoms. The second-order valence-electron chi connectivity index (χ2n) is 3.35. The Balaban J connectivity index is 2.95. The highest BCUT2D eigenvalue weighted by Gasteiger charge is 2.17. The molecule has 0 unspecified atom stereocenters. The Morgan fingerprint density at radius 2 is 1.93 bits per heavy atom. The zero-order valence-corrected chi connectivity index (χ0v) is 8.47. The van der Waals surface area contributed by atoms with E-state index >= 15 is 0 Å². The van der Waals surface area contributed by atoms with E-state index in [2.05, 4.69) is 0 Å². The van der Waals surface area contributed by atoms with Crippen LogP contribution in [0.4, 0.5) is 5.69 Å². The number of hydrogen-bond acceptors (Lipinski definition) is 2. The van der Waals surface area contributed by atoms with Crippen LogP contribution in [0.3, 0.4) is 0 Å². The van der Waals surface area contributed by atoms with Crippen molar-refractivity contribution in [3.05, 3.63) is 30.3 Å². The molecule has 1 amide bonds. The molecule has 3 nitrogen and oxygen atoms in total. The number of nitrogens with zero attached hydrogens (tertiary/aromatic N) is 1. The number of carbonyl (C=O) groups excluding carboxylic acids is 1. The maximum absolute atomic E-state index is 11.4. The summed E-state index contributed by atoms with van der Waals surface area (Å²) in [4.78, 5) is 13.0. The van der Waals surface area contributed by atoms with Gasteiger partial charge in [0.2, 0.25) is 0 Å². The van der Waals surface area contributed by atoms with Gasteiger partial charge in [0.1, 0.15) is 6.61 Å². The van der Waals surface area contributed by atoms with Crippen molar-refractivity contribution >= 4 is 11.6 Å². The van der Waals surface area contributed by atoms with Gasteiger partial charge in [-0.05, 0) is 26.0 Å². The normalized spacial score (nSPS) is 10.3. The van der Waals surface area contributed by atoms with Crippen LogP contribution in [0.15, 0.2) is 30.3 Å². The van der Waals surface area contributed by atoms with Gasteiger partial charge < -0.3 is 10.0 Å². The predicted octanol–water partition coefficient (Wildman–Crippen LogP) is 1.42. The van der Waals surface area contributed by atoms with Crippen molar-refractivity contribution in [2.45, 2.75) is 19.9 Å². The second-order valence-corrected chi connectivity index (χ2v) is 3.35. The number of aliphatic hydroxyl groups is 1. The number of hydrogen-bond donors (Lipinski definition) is 1. The fourth-order valence-corrected chi connectivity index (χ4v) is 1.39. The molecule has 0 fully saturated rings. The van der Waals surface area contributed by atoms with Crippen LogP contribution >= 0.6 is 0 Å². The average molecular weight is 193 g/mol. The zero-order chi connectivity index (χ0) is 10.6. The zero-order valence-electron chi connectivity index (χ0n) is 8.47. The van der Waals surface area contributed by atoms with Gasteiger partial charge >= 0.3 is 0 Å². The van der Waals surface area contributed by atoms with Gasteiger partial charge in [0.15, 0.2) is 0 Å². The van der Waals surface area contributed by atoms with E-state index in [9.17, 15) is 4.79 Å². The molecule has 1 aromatic carbocycles. The van der Waals surface area contributed by atoms with Crippen molar-refractivity contribution in [2.24, 2.45) is 0 Å². The largest absolute Gasteiger partial charge is 0.387 e. The molecule has 0 saturated heterocycles. The summed E-state index contributed by atoms with van der Waals surface area (Å²) >= 11 is 0. The lowest BCUT2D eigenvalue weighted by Crippen LogP contribution is -2.38. The number of anilines is 1. The molecule has 76 valence electrons. The van der Waals surface area contributed by atoms with Crippen molar-refractivity contribution in [1.82, 2.24) is 0 Å². The maximum atomic E-state index is 11.4. The molecule has 1 rings (SSSR count). The topological polar surface area (TPSA) is 40.5 Å². The van der Waals surface area contributed by atoms with Gasteiger partial charge in [0.05, 0.1) is 0 Å². The first-order valence-corrected chi connectivity index (χ1v) is 4.64. The highest BCUT2D eigenvalue weighted by Crippen LogP contribution is 2.16. The predicted molar refractivity (Wildman–Crippen MR) is 56.1 cm³/mol. The Kier molecular flexibility index (Phi) is 3.65. The van der Waals surface area contributed by atoms with Crippen molar-refractivity contribution in [2.75, 3.05) is 11.5 Å². The van der Waals surface area contributed by atoms with E-state index in [1.165, 1.54) is 0 Å². The van der Waals surface area contributed by atoms with Crippen molar-refractivity contribution in [1.29, 1.82) is 0 Å². The number of para-hydroxylation sites is 1. The standard InChI is InChI=1S/C11H15NO2/c1-9(2)12(11(14)8-13)10-6-4-3-5-7-10/h3-7,9,13H,8H2,1-2H3. The summed E-state index contributed by atoms with van der Waals surface area (Å²) in [6, 6.07) is 9.40. The lowest BCUT2D eigenvalue weighted by atomic mass is 10.2. The van der Waals surface area contributed by atoms with E-state index in [-0.39, 0.29) is 11.9 Å². The molecule has 3 heteroatoms. The molecule has 0 aromatic heterocycles. The Bertz CT molecular complexity index is 295. The number of benzene rings is 1. The van der Waals surface area contributed by atoms with E-state index in [0.717, 1.165) is 5.69 Å². The molecule has 0 bridgehead atoms. The number of amides is 1. The summed E-state index contributed by atoms with van der Waals surface area (Å²) in [5, 5.41) is 8.82. The van der Waals surface area contributed by atoms with E-state index in [0.29, 0.717) is 0 Å². The SMILES string of the molecule is CC(C)N(C(=O)CO)c1ccccc1. The van der Waals surface area contributed by atoms with Gasteiger partial charge in [-0.15, -0.1) is 0 Å². The first-order valence-electron chi connectivity index (χ1n) is 4.64. The summed E-state index contributed by atoms with van der Waals surface area (Å²) in [5.41, 5.74) is 0.821. The molecule has 0 radical (unpaired) electrons. The fraction of sp³-hybridized carbons (Fsp3) is 0.364. The molecule has 0 saturated carbocycles. The van der Waals surface area contributed by atoms with Crippen molar-refractivity contribution in [3.8, 4) is 0 Å². The molecule has 0 aliphatic carbocycles. The van der Waals surface area contributed by atoms with Crippen molar-refractivity contribution < 1.29 is 9.90 Å². The maximum Gasteiger partial charge on any atom is 0.252 e. The average Bonchev–Trinajstić information content (AvgIpc) is 2.19. The molecular formula is C11H15NO2. The van der Waals surface area contributed by atoms with Crippen LogP contribution in [-0.2, 0) is 4.79 Å². The molecule has 0 aliphatic rings. The smallest absolute Gasteiger partial charge is 0.252 e. The van der Waals surface area contributed by atoms with Gasteiger partial charge in [0, 0.05) is 11.7 Å². The minimum atomic E-state index is -0.451. The summed E-state index contributed by atoms with van der Waals surface area (Å²) < 4.78 is 0. The monoisotopic (exact) mass is 193 g/mol. The van der Waals surface area contributed by atoms with Gasteiger partial charge in [-0.2, -0.15) is 0 Å². The van der Waals surface area contributed by atoms with Gasteiger partial charge in [0.25, 0.3) is 5.91 Å². The lowest BCUT2D eigenvalue weighted by Gasteiger charge is -2.25. The van der Waals surface area contributed by atoms with Crippen LogP contribution in [0.2, 0.25) is 0 Å². The minimum absolute atomic E-state index is 0.0528. The highest BCUT2D eigenvalue weighted by molar-refractivity contribution is 5.94. The van der Waals surface area contributed by atoms with Crippen LogP contribution < -0.4 is 4.90 Å². The van der Waals surface area contributed by atoms with Gasteiger partial charge in [-0.25, -0.2) is 0 Å². The van der Waals surface area contributed by atoms with Gasteiger partial charge in [-0.1, -0.05) is 18.2 Å². The molecule has 1 N–H and O–H groups in total. The molecule has 0 aliphatic heterocycles. The number of rotatable bonds is 3. The van der Waals surface area contributed by atoms with Crippen molar-refractivity contribution in [3.63, 3.8) is 0 Å². The molecule has 0 atom stereocenters. The Morgan fingerprint density at radius 3 is 2.36 bits per heavy atom. The van der Waals surface area contributed by atoms with Crippen LogP contribution in [0, 0.1) is 0 Å². The Morgan fingerprint density at radius 1 is 1.36 bits per heavy atom. The third-order valence-electron chi connectivity index (χ3n) is 1.95. The first-order chi connectivity index (χ1) is 6.66. The first kappa shape index (κ1) is 10.7. The Hall–Kier alpha value is -1.35. The van der Waals surface area contributed by atoms with Crippen LogP contribution in [0.1, 0.15) is 13.8 Å². The van der Waals surface area contributed by atoms with E-state index in [1.54, 1.807) is 4.90 Å². The molecule has 0 spiro atoms. The van der Waals surface area contributed by atoms with Gasteiger partial charge in [-0.3, -0.25) is 4.79 Å². The van der Waals surface area contributed by atoms with E-state index in [1.807, 2.05) is 44.2 Å². The van der Waals surface area contributed by atoms with Crippen LogP contribution in [0.25, 0.3) is 0 Å². The number of carbonyl (C=O) groups is 1. The molecule has 1 aromatic rings. The Labute approximate surface area is 84.0 Å².